The third kappa shape index (κ3) is 5.25. The van der Waals surface area contributed by atoms with E-state index in [1.807, 2.05) is 0 Å². The van der Waals surface area contributed by atoms with Crippen LogP contribution in [0.15, 0.2) is 66.7 Å². The van der Waals surface area contributed by atoms with Gasteiger partial charge < -0.3 is 25.2 Å². The van der Waals surface area contributed by atoms with Crippen molar-refractivity contribution in [2.45, 2.75) is 12.5 Å². The molecule has 0 fully saturated rings. The normalized spacial score (nSPS) is 12.5. The highest BCUT2D eigenvalue weighted by molar-refractivity contribution is 6.02. The molecule has 5 N–H and O–H groups in total. The summed E-state index contributed by atoms with van der Waals surface area (Å²) in [5.41, 5.74) is 3.16. The molecule has 0 radical (unpaired) electrons. The zero-order valence-corrected chi connectivity index (χ0v) is 17.8. The second-order valence-electron chi connectivity index (χ2n) is 7.47. The van der Waals surface area contributed by atoms with Crippen molar-refractivity contribution in [1.82, 2.24) is 10.8 Å². The Morgan fingerprint density at radius 2 is 1.53 bits per heavy atom. The number of carbonyl (C=O) groups excluding carboxylic acids is 3. The number of benzene rings is 3. The molecule has 1 aliphatic rings. The fourth-order valence-corrected chi connectivity index (χ4v) is 3.36. The summed E-state index contributed by atoms with van der Waals surface area (Å²) in [7, 11) is 0. The van der Waals surface area contributed by atoms with Crippen LogP contribution in [0.4, 0.5) is 5.69 Å². The number of hydroxylamine groups is 1. The lowest BCUT2D eigenvalue weighted by Gasteiger charge is -2.19. The summed E-state index contributed by atoms with van der Waals surface area (Å²) >= 11 is 0. The van der Waals surface area contributed by atoms with Gasteiger partial charge in [0.2, 0.25) is 12.7 Å². The van der Waals surface area contributed by atoms with Crippen molar-refractivity contribution >= 4 is 23.4 Å². The van der Waals surface area contributed by atoms with Crippen molar-refractivity contribution in [3.63, 3.8) is 0 Å². The van der Waals surface area contributed by atoms with E-state index in [9.17, 15) is 19.5 Å². The van der Waals surface area contributed by atoms with E-state index in [4.69, 9.17) is 14.7 Å². The van der Waals surface area contributed by atoms with Crippen molar-refractivity contribution in [2.24, 2.45) is 0 Å². The van der Waals surface area contributed by atoms with Gasteiger partial charge >= 0.3 is 0 Å². The highest BCUT2D eigenvalue weighted by Crippen LogP contribution is 2.32. The Balaban J connectivity index is 1.52. The van der Waals surface area contributed by atoms with Crippen LogP contribution in [-0.2, 0) is 11.2 Å². The van der Waals surface area contributed by atoms with E-state index >= 15 is 0 Å². The Kier molecular flexibility index (Phi) is 6.60. The highest BCUT2D eigenvalue weighted by atomic mass is 16.7. The van der Waals surface area contributed by atoms with Gasteiger partial charge in [-0.3, -0.25) is 19.6 Å². The van der Waals surface area contributed by atoms with Crippen LogP contribution in [-0.4, -0.2) is 40.9 Å². The minimum Gasteiger partial charge on any atom is -0.508 e. The molecule has 0 unspecified atom stereocenters. The SMILES string of the molecule is O=C(NO)c1ccc(NC(=O)[C@H](Cc2ccc(O)cc2)NC(=O)c2ccc3c(c2)OCO3)cc1. The number of nitrogens with one attached hydrogen (secondary N) is 3. The van der Waals surface area contributed by atoms with Crippen molar-refractivity contribution in [1.29, 1.82) is 0 Å². The molecule has 0 saturated carbocycles. The lowest BCUT2D eigenvalue weighted by molar-refractivity contribution is -0.118. The van der Waals surface area contributed by atoms with Crippen molar-refractivity contribution < 1.29 is 34.2 Å². The van der Waals surface area contributed by atoms with Crippen molar-refractivity contribution in [3.8, 4) is 17.2 Å². The molecule has 4 rings (SSSR count). The Hall–Kier alpha value is -4.57. The van der Waals surface area contributed by atoms with E-state index in [1.54, 1.807) is 24.3 Å². The third-order valence-electron chi connectivity index (χ3n) is 5.15. The number of phenolic OH excluding ortho intramolecular Hbond substituents is 1. The molecule has 3 aromatic rings. The molecule has 174 valence electrons. The number of aromatic hydroxyl groups is 1. The molecule has 0 spiro atoms. The first kappa shape index (κ1) is 22.6. The van der Waals surface area contributed by atoms with E-state index in [1.165, 1.54) is 47.9 Å². The molecule has 10 heteroatoms. The quantitative estimate of drug-likeness (QED) is 0.267. The number of rotatable bonds is 7. The highest BCUT2D eigenvalue weighted by Gasteiger charge is 2.24. The monoisotopic (exact) mass is 463 g/mol. The summed E-state index contributed by atoms with van der Waals surface area (Å²) in [5, 5.41) is 23.7. The molecule has 1 atom stereocenters. The van der Waals surface area contributed by atoms with E-state index in [0.717, 1.165) is 5.56 Å². The van der Waals surface area contributed by atoms with Crippen LogP contribution in [0.3, 0.4) is 0 Å². The Morgan fingerprint density at radius 3 is 2.24 bits per heavy atom. The summed E-state index contributed by atoms with van der Waals surface area (Å²) < 4.78 is 10.6. The predicted octanol–water partition coefficient (Wildman–Crippen LogP) is 2.22. The van der Waals surface area contributed by atoms with E-state index in [-0.39, 0.29) is 24.5 Å². The van der Waals surface area contributed by atoms with Gasteiger partial charge in [0.15, 0.2) is 11.5 Å². The number of amides is 3. The van der Waals surface area contributed by atoms with Crippen LogP contribution in [0.5, 0.6) is 17.2 Å². The van der Waals surface area contributed by atoms with Crippen molar-refractivity contribution in [3.05, 3.63) is 83.4 Å². The van der Waals surface area contributed by atoms with Crippen LogP contribution in [0.2, 0.25) is 0 Å². The minimum atomic E-state index is -0.956. The van der Waals surface area contributed by atoms with Crippen LogP contribution < -0.4 is 25.6 Å². The minimum absolute atomic E-state index is 0.0744. The molecule has 10 nitrogen and oxygen atoms in total. The summed E-state index contributed by atoms with van der Waals surface area (Å²) in [6.07, 6.45) is 0.160. The average Bonchev–Trinajstić information content (AvgIpc) is 3.33. The number of anilines is 1. The van der Waals surface area contributed by atoms with Crippen molar-refractivity contribution in [2.75, 3.05) is 12.1 Å². The van der Waals surface area contributed by atoms with Gasteiger partial charge in [-0.2, -0.15) is 0 Å². The number of carbonyl (C=O) groups is 3. The third-order valence-corrected chi connectivity index (χ3v) is 5.15. The number of ether oxygens (including phenoxy) is 2. The zero-order valence-electron chi connectivity index (χ0n) is 17.8. The summed E-state index contributed by atoms with van der Waals surface area (Å²) in [6.45, 7) is 0.0744. The number of hydrogen-bond acceptors (Lipinski definition) is 7. The molecule has 3 amide bonds. The standard InChI is InChI=1S/C24H21N3O7/c28-18-8-1-14(2-9-18)11-19(24(31)25-17-6-3-15(4-7-17)23(30)27-32)26-22(29)16-5-10-20-21(12-16)34-13-33-20/h1-10,12,19,28,32H,11,13H2,(H,25,31)(H,26,29)(H,27,30)/t19-/m0/s1. The van der Waals surface area contributed by atoms with E-state index in [0.29, 0.717) is 22.7 Å². The number of phenols is 1. The second kappa shape index (κ2) is 9.92. The molecule has 1 aliphatic heterocycles. The second-order valence-corrected chi connectivity index (χ2v) is 7.47. The summed E-state index contributed by atoms with van der Waals surface area (Å²) in [6, 6.07) is 15.9. The molecule has 3 aromatic carbocycles. The van der Waals surface area contributed by atoms with E-state index in [2.05, 4.69) is 10.6 Å². The molecule has 34 heavy (non-hydrogen) atoms. The fraction of sp³-hybridized carbons (Fsp3) is 0.125. The molecular weight excluding hydrogens is 442 g/mol. The van der Waals surface area contributed by atoms with Gasteiger partial charge in [-0.1, -0.05) is 12.1 Å². The Labute approximate surface area is 194 Å². The van der Waals surface area contributed by atoms with Gasteiger partial charge in [0, 0.05) is 23.2 Å². The lowest BCUT2D eigenvalue weighted by atomic mass is 10.0. The average molecular weight is 463 g/mol. The van der Waals surface area contributed by atoms with E-state index < -0.39 is 23.8 Å². The maximum absolute atomic E-state index is 13.1. The zero-order chi connectivity index (χ0) is 24.1. The van der Waals surface area contributed by atoms with Crippen LogP contribution in [0, 0.1) is 0 Å². The lowest BCUT2D eigenvalue weighted by Crippen LogP contribution is -2.45. The maximum Gasteiger partial charge on any atom is 0.274 e. The smallest absolute Gasteiger partial charge is 0.274 e. The predicted molar refractivity (Wildman–Crippen MR) is 120 cm³/mol. The summed E-state index contributed by atoms with van der Waals surface area (Å²) in [5.74, 6) is -0.582. The molecule has 0 bridgehead atoms. The fourth-order valence-electron chi connectivity index (χ4n) is 3.36. The molecule has 0 aromatic heterocycles. The molecular formula is C24H21N3O7. The molecule has 1 heterocycles. The summed E-state index contributed by atoms with van der Waals surface area (Å²) in [4.78, 5) is 37.5. The molecule has 0 aliphatic carbocycles. The van der Waals surface area contributed by atoms with Gasteiger partial charge in [-0.25, -0.2) is 5.48 Å². The van der Waals surface area contributed by atoms with Gasteiger partial charge in [0.1, 0.15) is 11.8 Å². The largest absolute Gasteiger partial charge is 0.508 e. The van der Waals surface area contributed by atoms with Crippen LogP contribution in [0.1, 0.15) is 26.3 Å². The first-order valence-corrected chi connectivity index (χ1v) is 10.3. The van der Waals surface area contributed by atoms with Gasteiger partial charge in [-0.05, 0) is 60.2 Å². The maximum atomic E-state index is 13.1. The Morgan fingerprint density at radius 1 is 0.853 bits per heavy atom. The van der Waals surface area contributed by atoms with Crippen LogP contribution >= 0.6 is 0 Å². The number of hydrogen-bond donors (Lipinski definition) is 5. The Bertz CT molecular complexity index is 1210. The number of fused-ring (bicyclic) bond motifs is 1. The first-order valence-electron chi connectivity index (χ1n) is 10.3. The molecule has 0 saturated heterocycles. The topological polar surface area (TPSA) is 146 Å². The van der Waals surface area contributed by atoms with Crippen LogP contribution in [0.25, 0.3) is 0 Å². The first-order chi connectivity index (χ1) is 16.4. The van der Waals surface area contributed by atoms with Gasteiger partial charge in [-0.15, -0.1) is 0 Å². The van der Waals surface area contributed by atoms with Gasteiger partial charge in [0.25, 0.3) is 11.8 Å². The van der Waals surface area contributed by atoms with Gasteiger partial charge in [0.05, 0.1) is 0 Å².